The van der Waals surface area contributed by atoms with Gasteiger partial charge >= 0.3 is 0 Å². The topological polar surface area (TPSA) is 132 Å². The molecule has 2 N–H and O–H groups in total. The maximum atomic E-state index is 15.9. The summed E-state index contributed by atoms with van der Waals surface area (Å²) in [4.78, 5) is 43.4. The van der Waals surface area contributed by atoms with Crippen LogP contribution in [0.25, 0.3) is 22.2 Å². The molecule has 0 aliphatic rings. The van der Waals surface area contributed by atoms with E-state index in [9.17, 15) is 22.8 Å². The van der Waals surface area contributed by atoms with Gasteiger partial charge in [0.15, 0.2) is 0 Å². The van der Waals surface area contributed by atoms with E-state index in [1.54, 1.807) is 47.2 Å². The number of amides is 2. The van der Waals surface area contributed by atoms with E-state index in [1.807, 2.05) is 37.3 Å². The Kier molecular flexibility index (Phi) is 12.0. The summed E-state index contributed by atoms with van der Waals surface area (Å²) in [6.45, 7) is 4.46. The van der Waals surface area contributed by atoms with Crippen LogP contribution in [-0.2, 0) is 45.5 Å². The fourth-order valence-corrected chi connectivity index (χ4v) is 7.10. The fraction of sp³-hybridized carbons (Fsp3) is 0.316. The van der Waals surface area contributed by atoms with E-state index in [1.165, 1.54) is 16.7 Å². The second-order valence-electron chi connectivity index (χ2n) is 12.2. The van der Waals surface area contributed by atoms with Gasteiger partial charge in [0.1, 0.15) is 23.7 Å². The van der Waals surface area contributed by atoms with Gasteiger partial charge in [0.25, 0.3) is 15.6 Å². The second kappa shape index (κ2) is 16.5. The second-order valence-corrected chi connectivity index (χ2v) is 13.9. The molecule has 5 aromatic rings. The Labute approximate surface area is 291 Å². The molecule has 0 radical (unpaired) electrons. The zero-order chi connectivity index (χ0) is 35.7. The number of pyridine rings is 1. The molecule has 0 spiro atoms. The van der Waals surface area contributed by atoms with Crippen molar-refractivity contribution < 1.29 is 22.4 Å². The maximum Gasteiger partial charge on any atom is 0.277 e. The first-order valence-electron chi connectivity index (χ1n) is 16.9. The van der Waals surface area contributed by atoms with Gasteiger partial charge in [0.2, 0.25) is 11.8 Å². The fourth-order valence-electron chi connectivity index (χ4n) is 5.86. The molecular weight excluding hydrogens is 658 g/mol. The predicted octanol–water partition coefficient (Wildman–Crippen LogP) is 5.75. The number of hydrogen-bond acceptors (Lipinski definition) is 6. The normalized spacial score (nSPS) is 11.5. The van der Waals surface area contributed by atoms with Gasteiger partial charge in [-0.3, -0.25) is 14.4 Å². The van der Waals surface area contributed by atoms with Crippen molar-refractivity contribution in [1.82, 2.24) is 24.2 Å². The van der Waals surface area contributed by atoms with Crippen molar-refractivity contribution in [2.75, 3.05) is 6.54 Å². The molecule has 0 aliphatic heterocycles. The van der Waals surface area contributed by atoms with Crippen LogP contribution < -0.4 is 15.6 Å². The summed E-state index contributed by atoms with van der Waals surface area (Å²) < 4.78 is 47.8. The van der Waals surface area contributed by atoms with Crippen molar-refractivity contribution in [2.45, 2.75) is 76.8 Å². The molecule has 2 heterocycles. The quantitative estimate of drug-likeness (QED) is 0.126. The number of halogens is 1. The van der Waals surface area contributed by atoms with E-state index < -0.39 is 27.3 Å². The Morgan fingerprint density at radius 3 is 2.38 bits per heavy atom. The summed E-state index contributed by atoms with van der Waals surface area (Å²) in [6, 6.07) is 21.5. The lowest BCUT2D eigenvalue weighted by molar-refractivity contribution is -0.122. The summed E-state index contributed by atoms with van der Waals surface area (Å²) in [6.07, 6.45) is 6.10. The summed E-state index contributed by atoms with van der Waals surface area (Å²) in [5.74, 6) is -0.900. The van der Waals surface area contributed by atoms with E-state index in [4.69, 9.17) is 0 Å². The molecule has 12 heteroatoms. The summed E-state index contributed by atoms with van der Waals surface area (Å²) in [5.41, 5.74) is 2.05. The Bertz CT molecular complexity index is 2140. The van der Waals surface area contributed by atoms with Crippen LogP contribution >= 0.6 is 0 Å². The lowest BCUT2D eigenvalue weighted by atomic mass is 10.0. The van der Waals surface area contributed by atoms with Gasteiger partial charge in [0, 0.05) is 36.7 Å². The number of hydrogen-bond donors (Lipinski definition) is 2. The lowest BCUT2D eigenvalue weighted by Gasteiger charge is -2.14. The maximum absolute atomic E-state index is 15.9. The van der Waals surface area contributed by atoms with Crippen LogP contribution in [0, 0.1) is 5.82 Å². The van der Waals surface area contributed by atoms with E-state index in [0.717, 1.165) is 31.2 Å². The third-order valence-corrected chi connectivity index (χ3v) is 9.87. The van der Waals surface area contributed by atoms with Crippen molar-refractivity contribution in [2.24, 2.45) is 0 Å². The lowest BCUT2D eigenvalue weighted by Crippen LogP contribution is -2.33. The molecule has 0 fully saturated rings. The number of imidazole rings is 1. The SMILES string of the molecule is CCCCCNC(=O)Cn1ccc2nc(CCC)n(Cc3ccc(-c4ccccc4S(=O)(=O)NC(=O)CCc4ccccc4)cc3F)c2c1=O. The molecule has 2 aromatic heterocycles. The Balaban J connectivity index is 1.39. The number of fused-ring (bicyclic) bond motifs is 1. The number of benzene rings is 3. The largest absolute Gasteiger partial charge is 0.355 e. The number of rotatable bonds is 16. The van der Waals surface area contributed by atoms with Crippen molar-refractivity contribution in [3.63, 3.8) is 0 Å². The van der Waals surface area contributed by atoms with Crippen LogP contribution in [-0.4, -0.2) is 40.9 Å². The molecule has 262 valence electrons. The number of unbranched alkanes of at least 4 members (excludes halogenated alkanes) is 2. The van der Waals surface area contributed by atoms with Gasteiger partial charge in [-0.15, -0.1) is 0 Å². The van der Waals surface area contributed by atoms with Crippen molar-refractivity contribution in [3.8, 4) is 11.1 Å². The number of aryl methyl sites for hydroxylation is 2. The first-order valence-corrected chi connectivity index (χ1v) is 18.4. The molecule has 0 aliphatic carbocycles. The number of nitrogens with zero attached hydrogens (tertiary/aromatic N) is 3. The molecule has 2 amide bonds. The minimum atomic E-state index is -4.27. The van der Waals surface area contributed by atoms with Gasteiger partial charge in [-0.2, -0.15) is 0 Å². The van der Waals surface area contributed by atoms with Gasteiger partial charge in [0.05, 0.1) is 17.0 Å². The van der Waals surface area contributed by atoms with Gasteiger partial charge in [-0.25, -0.2) is 22.5 Å². The van der Waals surface area contributed by atoms with Crippen LogP contribution in [0.2, 0.25) is 0 Å². The molecule has 0 unspecified atom stereocenters. The molecule has 10 nitrogen and oxygen atoms in total. The minimum absolute atomic E-state index is 0.00215. The van der Waals surface area contributed by atoms with E-state index >= 15 is 4.39 Å². The van der Waals surface area contributed by atoms with Crippen LogP contribution in [0.4, 0.5) is 4.39 Å². The third-order valence-electron chi connectivity index (χ3n) is 8.44. The molecule has 0 saturated carbocycles. The Hall–Kier alpha value is -5.10. The summed E-state index contributed by atoms with van der Waals surface area (Å²) >= 11 is 0. The van der Waals surface area contributed by atoms with Gasteiger partial charge in [-0.1, -0.05) is 87.4 Å². The molecule has 0 atom stereocenters. The number of nitrogens with one attached hydrogen (secondary N) is 2. The number of carbonyl (C=O) groups excluding carboxylic acids is 2. The molecule has 0 bridgehead atoms. The zero-order valence-electron chi connectivity index (χ0n) is 28.3. The monoisotopic (exact) mass is 699 g/mol. The highest BCUT2D eigenvalue weighted by atomic mass is 32.2. The molecule has 0 saturated heterocycles. The van der Waals surface area contributed by atoms with Crippen LogP contribution in [0.1, 0.15) is 62.9 Å². The van der Waals surface area contributed by atoms with E-state index in [0.29, 0.717) is 36.3 Å². The average Bonchev–Trinajstić information content (AvgIpc) is 3.45. The summed E-state index contributed by atoms with van der Waals surface area (Å²) in [5, 5.41) is 2.85. The van der Waals surface area contributed by atoms with E-state index in [2.05, 4.69) is 21.9 Å². The Morgan fingerprint density at radius 2 is 1.64 bits per heavy atom. The van der Waals surface area contributed by atoms with Crippen LogP contribution in [0.3, 0.4) is 0 Å². The van der Waals surface area contributed by atoms with Crippen molar-refractivity contribution >= 4 is 32.9 Å². The molecular formula is C38H42FN5O5S. The third kappa shape index (κ3) is 8.73. The first-order chi connectivity index (χ1) is 24.1. The predicted molar refractivity (Wildman–Crippen MR) is 192 cm³/mol. The average molecular weight is 700 g/mol. The number of sulfonamides is 1. The molecule has 3 aromatic carbocycles. The van der Waals surface area contributed by atoms with E-state index in [-0.39, 0.29) is 47.0 Å². The highest BCUT2D eigenvalue weighted by Gasteiger charge is 2.23. The molecule has 50 heavy (non-hydrogen) atoms. The minimum Gasteiger partial charge on any atom is -0.355 e. The molecule has 5 rings (SSSR count). The van der Waals surface area contributed by atoms with Crippen LogP contribution in [0.5, 0.6) is 0 Å². The van der Waals surface area contributed by atoms with Gasteiger partial charge in [-0.05, 0) is 48.6 Å². The van der Waals surface area contributed by atoms with Crippen LogP contribution in [0.15, 0.2) is 94.7 Å². The number of aromatic nitrogens is 3. The number of carbonyl (C=O) groups is 2. The smallest absolute Gasteiger partial charge is 0.277 e. The Morgan fingerprint density at radius 1 is 0.880 bits per heavy atom. The first kappa shape index (κ1) is 36.2. The summed E-state index contributed by atoms with van der Waals surface area (Å²) in [7, 11) is -4.27. The van der Waals surface area contributed by atoms with Crippen molar-refractivity contribution in [1.29, 1.82) is 0 Å². The highest BCUT2D eigenvalue weighted by molar-refractivity contribution is 7.90. The highest BCUT2D eigenvalue weighted by Crippen LogP contribution is 2.29. The van der Waals surface area contributed by atoms with Gasteiger partial charge < -0.3 is 14.5 Å². The van der Waals surface area contributed by atoms with Crippen molar-refractivity contribution in [3.05, 3.63) is 118 Å². The standard InChI is InChI=1S/C38H42FN5O5S/c1-3-5-11-22-40-36(46)26-43-23-21-32-37(38(43)47)44(34(41-32)12-4-2)25-29-19-18-28(24-31(29)39)30-15-9-10-16-33(30)50(48,49)42-35(45)20-17-27-13-7-6-8-14-27/h6-10,13-16,18-19,21,23-24H,3-5,11-12,17,20,22,25-26H2,1-2H3,(H,40,46)(H,42,45). The zero-order valence-corrected chi connectivity index (χ0v) is 29.1.